The number of anilines is 2. The average Bonchev–Trinajstić information content (AvgIpc) is 3.33. The molecule has 1 fully saturated rings. The molecular formula is C27H28N6O2S. The number of nitrogens with two attached hydrogens (primary N) is 1. The van der Waals surface area contributed by atoms with Gasteiger partial charge in [0.1, 0.15) is 10.8 Å². The minimum atomic E-state index is -0.670. The first-order valence-electron chi connectivity index (χ1n) is 12.1. The molecule has 4 aromatic rings. The van der Waals surface area contributed by atoms with Gasteiger partial charge in [-0.05, 0) is 66.6 Å². The molecule has 184 valence electrons. The van der Waals surface area contributed by atoms with Crippen LogP contribution >= 0.6 is 11.3 Å². The molecule has 3 N–H and O–H groups in total. The summed E-state index contributed by atoms with van der Waals surface area (Å²) in [6.45, 7) is 4.59. The Labute approximate surface area is 213 Å². The number of carbonyl (C=O) groups is 2. The smallest absolute Gasteiger partial charge is 0.313 e. The SMILES string of the molecule is CCc1cc(NC(=O)C(=O)N2C[C@@H](C)CC[C@@H]2c2ccc3sc(-c4cccnc4)nc3c2)cnc1N. The molecule has 5 rings (SSSR count). The Morgan fingerprint density at radius 3 is 2.83 bits per heavy atom. The lowest BCUT2D eigenvalue weighted by Gasteiger charge is -2.38. The normalized spacial score (nSPS) is 17.8. The van der Waals surface area contributed by atoms with Gasteiger partial charge in [-0.3, -0.25) is 14.6 Å². The minimum Gasteiger partial charge on any atom is -0.383 e. The van der Waals surface area contributed by atoms with E-state index in [1.54, 1.807) is 34.7 Å². The molecule has 1 saturated heterocycles. The quantitative estimate of drug-likeness (QED) is 0.388. The van der Waals surface area contributed by atoms with Gasteiger partial charge in [-0.15, -0.1) is 11.3 Å². The van der Waals surface area contributed by atoms with E-state index in [1.807, 2.05) is 31.2 Å². The number of rotatable bonds is 4. The summed E-state index contributed by atoms with van der Waals surface area (Å²) in [6, 6.07) is 11.6. The number of aryl methyl sites for hydroxylation is 1. The number of nitrogens with one attached hydrogen (secondary N) is 1. The van der Waals surface area contributed by atoms with E-state index in [4.69, 9.17) is 10.7 Å². The van der Waals surface area contributed by atoms with Gasteiger partial charge in [0.15, 0.2) is 0 Å². The first-order chi connectivity index (χ1) is 17.4. The summed E-state index contributed by atoms with van der Waals surface area (Å²) >= 11 is 1.61. The highest BCUT2D eigenvalue weighted by molar-refractivity contribution is 7.21. The number of hydrogen-bond donors (Lipinski definition) is 2. The summed E-state index contributed by atoms with van der Waals surface area (Å²) in [5, 5.41) is 3.62. The van der Waals surface area contributed by atoms with E-state index in [-0.39, 0.29) is 6.04 Å². The molecule has 1 aliphatic heterocycles. The zero-order chi connectivity index (χ0) is 25.2. The Bertz CT molecular complexity index is 1420. The van der Waals surface area contributed by atoms with E-state index in [1.165, 1.54) is 6.20 Å². The van der Waals surface area contributed by atoms with Crippen molar-refractivity contribution in [2.45, 2.75) is 39.2 Å². The van der Waals surface area contributed by atoms with E-state index in [9.17, 15) is 9.59 Å². The van der Waals surface area contributed by atoms with Gasteiger partial charge in [-0.2, -0.15) is 0 Å². The molecule has 2 atom stereocenters. The highest BCUT2D eigenvalue weighted by Crippen LogP contribution is 2.37. The van der Waals surface area contributed by atoms with Crippen molar-refractivity contribution in [2.75, 3.05) is 17.6 Å². The van der Waals surface area contributed by atoms with Gasteiger partial charge >= 0.3 is 11.8 Å². The Hall–Kier alpha value is -3.85. The van der Waals surface area contributed by atoms with Gasteiger partial charge in [0.25, 0.3) is 0 Å². The summed E-state index contributed by atoms with van der Waals surface area (Å²) in [5.41, 5.74) is 10.0. The standard InChI is InChI=1S/C27H28N6O2S/c1-3-17-11-20(14-30-24(17)28)31-25(34)27(35)33-15-16(2)6-8-22(33)18-7-9-23-21(12-18)32-26(36-23)19-5-4-10-29-13-19/h4-5,7,9-14,16,22H,3,6,8,15H2,1-2H3,(H2,28,30)(H,31,34)/t16-,22+/m0/s1. The number of aromatic nitrogens is 3. The van der Waals surface area contributed by atoms with Crippen LogP contribution in [0, 0.1) is 5.92 Å². The molecule has 0 bridgehead atoms. The first-order valence-corrected chi connectivity index (χ1v) is 12.9. The average molecular weight is 501 g/mol. The molecule has 0 aliphatic carbocycles. The van der Waals surface area contributed by atoms with E-state index >= 15 is 0 Å². The number of likely N-dealkylation sites (tertiary alicyclic amines) is 1. The van der Waals surface area contributed by atoms with Crippen LogP contribution in [0.15, 0.2) is 55.0 Å². The third-order valence-electron chi connectivity index (χ3n) is 6.62. The topological polar surface area (TPSA) is 114 Å². The second-order valence-corrected chi connectivity index (χ2v) is 10.3. The third-order valence-corrected chi connectivity index (χ3v) is 7.70. The molecule has 4 heterocycles. The molecule has 36 heavy (non-hydrogen) atoms. The Morgan fingerprint density at radius 2 is 2.06 bits per heavy atom. The Morgan fingerprint density at radius 1 is 1.19 bits per heavy atom. The van der Waals surface area contributed by atoms with Crippen molar-refractivity contribution >= 4 is 44.9 Å². The zero-order valence-electron chi connectivity index (χ0n) is 20.3. The molecule has 9 heteroatoms. The summed E-state index contributed by atoms with van der Waals surface area (Å²) in [5.74, 6) is -0.480. The van der Waals surface area contributed by atoms with Crippen molar-refractivity contribution < 1.29 is 9.59 Å². The molecule has 1 aliphatic rings. The van der Waals surface area contributed by atoms with Crippen molar-refractivity contribution in [1.29, 1.82) is 0 Å². The lowest BCUT2D eigenvalue weighted by molar-refractivity contribution is -0.146. The van der Waals surface area contributed by atoms with E-state index in [0.29, 0.717) is 30.4 Å². The van der Waals surface area contributed by atoms with Crippen LogP contribution in [-0.2, 0) is 16.0 Å². The van der Waals surface area contributed by atoms with Crippen LogP contribution in [0.3, 0.4) is 0 Å². The number of amides is 2. The zero-order valence-corrected chi connectivity index (χ0v) is 21.1. The van der Waals surface area contributed by atoms with Gasteiger partial charge in [0, 0.05) is 24.5 Å². The molecule has 1 aromatic carbocycles. The monoisotopic (exact) mass is 500 g/mol. The van der Waals surface area contributed by atoms with Crippen LogP contribution in [-0.4, -0.2) is 38.2 Å². The van der Waals surface area contributed by atoms with Crippen LogP contribution in [0.1, 0.15) is 43.9 Å². The Balaban J connectivity index is 1.40. The van der Waals surface area contributed by atoms with Crippen molar-refractivity contribution in [3.05, 3.63) is 66.1 Å². The summed E-state index contributed by atoms with van der Waals surface area (Å²) in [4.78, 5) is 41.2. The number of nitrogen functional groups attached to an aromatic ring is 1. The minimum absolute atomic E-state index is 0.192. The molecule has 0 spiro atoms. The molecule has 3 aromatic heterocycles. The van der Waals surface area contributed by atoms with Gasteiger partial charge in [-0.25, -0.2) is 9.97 Å². The maximum absolute atomic E-state index is 13.4. The molecular weight excluding hydrogens is 472 g/mol. The summed E-state index contributed by atoms with van der Waals surface area (Å²) in [7, 11) is 0. The Kier molecular flexibility index (Phi) is 6.65. The first kappa shape index (κ1) is 23.9. The molecule has 0 saturated carbocycles. The predicted octanol–water partition coefficient (Wildman–Crippen LogP) is 4.84. The predicted molar refractivity (Wildman–Crippen MR) is 142 cm³/mol. The van der Waals surface area contributed by atoms with E-state index < -0.39 is 11.8 Å². The van der Waals surface area contributed by atoms with Crippen LogP contribution in [0.25, 0.3) is 20.8 Å². The van der Waals surface area contributed by atoms with E-state index in [0.717, 1.165) is 44.8 Å². The number of hydrogen-bond acceptors (Lipinski definition) is 7. The fourth-order valence-electron chi connectivity index (χ4n) is 4.68. The number of carbonyl (C=O) groups excluding carboxylic acids is 2. The molecule has 2 amide bonds. The molecule has 0 unspecified atom stereocenters. The van der Waals surface area contributed by atoms with Gasteiger partial charge in [0.05, 0.1) is 28.1 Å². The van der Waals surface area contributed by atoms with Gasteiger partial charge in [0.2, 0.25) is 0 Å². The van der Waals surface area contributed by atoms with Gasteiger partial charge < -0.3 is 16.0 Å². The highest BCUT2D eigenvalue weighted by Gasteiger charge is 2.34. The lowest BCUT2D eigenvalue weighted by atomic mass is 9.89. The lowest BCUT2D eigenvalue weighted by Crippen LogP contribution is -2.46. The maximum atomic E-state index is 13.4. The molecule has 8 nitrogen and oxygen atoms in total. The molecule has 0 radical (unpaired) electrons. The number of fused-ring (bicyclic) bond motifs is 1. The largest absolute Gasteiger partial charge is 0.383 e. The third kappa shape index (κ3) is 4.79. The summed E-state index contributed by atoms with van der Waals surface area (Å²) < 4.78 is 1.07. The van der Waals surface area contributed by atoms with Crippen LogP contribution in [0.5, 0.6) is 0 Å². The fourth-order valence-corrected chi connectivity index (χ4v) is 5.61. The number of benzene rings is 1. The second kappa shape index (κ2) is 10.0. The maximum Gasteiger partial charge on any atom is 0.313 e. The van der Waals surface area contributed by atoms with Crippen molar-refractivity contribution in [1.82, 2.24) is 19.9 Å². The highest BCUT2D eigenvalue weighted by atomic mass is 32.1. The van der Waals surface area contributed by atoms with Crippen LogP contribution in [0.2, 0.25) is 0 Å². The number of nitrogens with zero attached hydrogens (tertiary/aromatic N) is 4. The second-order valence-electron chi connectivity index (χ2n) is 9.22. The number of thiazole rings is 1. The number of piperidine rings is 1. The van der Waals surface area contributed by atoms with Crippen molar-refractivity contribution in [3.63, 3.8) is 0 Å². The van der Waals surface area contributed by atoms with Crippen molar-refractivity contribution in [3.8, 4) is 10.6 Å². The number of pyridine rings is 2. The van der Waals surface area contributed by atoms with Crippen molar-refractivity contribution in [2.24, 2.45) is 5.92 Å². The fraction of sp³-hybridized carbons (Fsp3) is 0.296. The van der Waals surface area contributed by atoms with Crippen LogP contribution in [0.4, 0.5) is 11.5 Å². The van der Waals surface area contributed by atoms with Crippen LogP contribution < -0.4 is 11.1 Å². The summed E-state index contributed by atoms with van der Waals surface area (Å²) in [6.07, 6.45) is 7.48. The van der Waals surface area contributed by atoms with Gasteiger partial charge in [-0.1, -0.05) is 19.9 Å². The van der Waals surface area contributed by atoms with E-state index in [2.05, 4.69) is 28.3 Å².